The molecular formula is C39H46Cl3NO8S. The van der Waals surface area contributed by atoms with E-state index < -0.39 is 58.5 Å². The van der Waals surface area contributed by atoms with Crippen LogP contribution in [-0.4, -0.2) is 65.0 Å². The van der Waals surface area contributed by atoms with Crippen LogP contribution in [-0.2, 0) is 39.8 Å². The van der Waals surface area contributed by atoms with E-state index in [1.165, 1.54) is 11.8 Å². The number of unbranched alkanes of at least 4 members (excludes halogenated alkanes) is 4. The smallest absolute Gasteiger partial charge is 0.407 e. The normalized spacial score (nSPS) is 23.6. The van der Waals surface area contributed by atoms with Crippen molar-refractivity contribution in [2.45, 2.75) is 109 Å². The monoisotopic (exact) mass is 794 g/mol. The number of ether oxygens (including phenoxy) is 6. The summed E-state index contributed by atoms with van der Waals surface area (Å²) in [6.07, 6.45) is 1.64. The van der Waals surface area contributed by atoms with Crippen molar-refractivity contribution >= 4 is 58.6 Å². The van der Waals surface area contributed by atoms with E-state index in [0.717, 1.165) is 48.1 Å². The van der Waals surface area contributed by atoms with Gasteiger partial charge in [0.25, 0.3) is 0 Å². The van der Waals surface area contributed by atoms with Gasteiger partial charge in [-0.2, -0.15) is 0 Å². The van der Waals surface area contributed by atoms with Crippen molar-refractivity contribution in [1.29, 1.82) is 0 Å². The summed E-state index contributed by atoms with van der Waals surface area (Å²) in [5, 5.41) is 2.85. The summed E-state index contributed by atoms with van der Waals surface area (Å²) in [6.45, 7) is 2.21. The summed E-state index contributed by atoms with van der Waals surface area (Å²) >= 11 is 19.0. The molecule has 0 unspecified atom stereocenters. The summed E-state index contributed by atoms with van der Waals surface area (Å²) in [5.74, 6) is -0.492. The summed E-state index contributed by atoms with van der Waals surface area (Å²) < 4.78 is 35.3. The van der Waals surface area contributed by atoms with Gasteiger partial charge in [-0.1, -0.05) is 164 Å². The number of carbonyl (C=O) groups is 2. The minimum absolute atomic E-state index is 0.00882. The molecule has 2 aliphatic heterocycles. The number of fused-ring (bicyclic) bond motifs is 1. The number of hydrogen-bond acceptors (Lipinski definition) is 9. The van der Waals surface area contributed by atoms with E-state index in [9.17, 15) is 9.59 Å². The number of alkyl carbamates (subject to hydrolysis) is 1. The number of thioether (sulfide) groups is 1. The molecule has 0 spiro atoms. The number of hydrogen-bond donors (Lipinski definition) is 1. The molecular weight excluding hydrogens is 750 g/mol. The number of alkyl halides is 3. The molecule has 0 radical (unpaired) electrons. The Kier molecular flexibility index (Phi) is 16.2. The first kappa shape index (κ1) is 40.6. The Bertz CT molecular complexity index is 1500. The second kappa shape index (κ2) is 20.8. The molecule has 13 heteroatoms. The maximum atomic E-state index is 14.0. The molecule has 52 heavy (non-hydrogen) atoms. The molecule has 0 saturated carbocycles. The summed E-state index contributed by atoms with van der Waals surface area (Å²) in [7, 11) is 0. The average molecular weight is 796 g/mol. The fourth-order valence-electron chi connectivity index (χ4n) is 6.10. The van der Waals surface area contributed by atoms with E-state index in [2.05, 4.69) is 12.2 Å². The van der Waals surface area contributed by atoms with Gasteiger partial charge in [-0.3, -0.25) is 4.79 Å². The van der Waals surface area contributed by atoms with Crippen LogP contribution < -0.4 is 5.32 Å². The van der Waals surface area contributed by atoms with Crippen LogP contribution in [0.25, 0.3) is 0 Å². The SMILES string of the molecule is CCCCCCC[C@H](CC(=O)O[C@H]1[C@@H]2O[C@H](c3ccccc3)OC[C@H]2O[13C@H](Sc2ccccc2)[C@@H]1NC(=O)OCC(Cl)(Cl)Cl)OCc1ccccc1. The Morgan fingerprint density at radius 3 is 2.27 bits per heavy atom. The van der Waals surface area contributed by atoms with E-state index in [-0.39, 0.29) is 19.1 Å². The van der Waals surface area contributed by atoms with Crippen LogP contribution in [0, 0.1) is 0 Å². The zero-order valence-corrected chi connectivity index (χ0v) is 32.2. The standard InChI is InChI=1S/C39H46Cl3NO8S/c1-2-3-4-5-13-20-29(46-24-27-16-9-6-10-17-27)23-32(44)50-35-33(43-38(45)48-26-39(40,41)42)37(52-30-21-14-8-15-22-30)49-31-25-47-36(51-34(31)35)28-18-11-7-12-19-28/h6-12,14-19,21-22,29,31,33-37H,2-5,13,20,23-26H2,1H3,(H,43,45)/t29-,31-,33-,34-,35-,36-,37-/m1/s1/i37+1. The highest BCUT2D eigenvalue weighted by molar-refractivity contribution is 7.99. The highest BCUT2D eigenvalue weighted by Gasteiger charge is 2.53. The van der Waals surface area contributed by atoms with Gasteiger partial charge in [-0.25, -0.2) is 4.79 Å². The maximum Gasteiger partial charge on any atom is 0.407 e. The minimum atomic E-state index is -1.83. The fraction of sp³-hybridized carbons (Fsp3) is 0.487. The Morgan fingerprint density at radius 1 is 0.904 bits per heavy atom. The van der Waals surface area contributed by atoms with E-state index in [0.29, 0.717) is 13.0 Å². The topological polar surface area (TPSA) is 102 Å². The maximum absolute atomic E-state index is 14.0. The lowest BCUT2D eigenvalue weighted by Gasteiger charge is -2.48. The van der Waals surface area contributed by atoms with Crippen LogP contribution >= 0.6 is 46.6 Å². The molecule has 2 fully saturated rings. The predicted octanol–water partition coefficient (Wildman–Crippen LogP) is 9.33. The molecule has 2 heterocycles. The summed E-state index contributed by atoms with van der Waals surface area (Å²) in [6, 6.07) is 27.9. The molecule has 9 nitrogen and oxygen atoms in total. The van der Waals surface area contributed by atoms with Crippen molar-refractivity contribution < 1.29 is 38.0 Å². The van der Waals surface area contributed by atoms with Gasteiger partial charge in [-0.15, -0.1) is 0 Å². The van der Waals surface area contributed by atoms with Crippen molar-refractivity contribution in [3.8, 4) is 0 Å². The lowest BCUT2D eigenvalue weighted by molar-refractivity contribution is -0.308. The highest BCUT2D eigenvalue weighted by atomic mass is 35.6. The second-order valence-electron chi connectivity index (χ2n) is 12.8. The quantitative estimate of drug-likeness (QED) is 0.0620. The lowest BCUT2D eigenvalue weighted by Crippen LogP contribution is -2.66. The number of amides is 1. The van der Waals surface area contributed by atoms with Crippen LogP contribution in [0.2, 0.25) is 0 Å². The molecule has 2 aliphatic rings. The number of carbonyl (C=O) groups excluding carboxylic acids is 2. The molecule has 3 aromatic carbocycles. The van der Waals surface area contributed by atoms with Crippen molar-refractivity contribution in [2.24, 2.45) is 0 Å². The third kappa shape index (κ3) is 13.1. The molecule has 3 aromatic rings. The van der Waals surface area contributed by atoms with Crippen molar-refractivity contribution in [3.63, 3.8) is 0 Å². The third-order valence-electron chi connectivity index (χ3n) is 8.68. The van der Waals surface area contributed by atoms with E-state index in [1.807, 2.05) is 91.0 Å². The van der Waals surface area contributed by atoms with E-state index in [1.54, 1.807) is 0 Å². The van der Waals surface area contributed by atoms with Crippen molar-refractivity contribution in [3.05, 3.63) is 102 Å². The minimum Gasteiger partial charge on any atom is -0.457 e. The van der Waals surface area contributed by atoms with Crippen LogP contribution in [0.3, 0.4) is 0 Å². The van der Waals surface area contributed by atoms with Crippen LogP contribution in [0.5, 0.6) is 0 Å². The fourth-order valence-corrected chi connectivity index (χ4v) is 7.41. The first-order valence-electron chi connectivity index (χ1n) is 17.7. The number of esters is 1. The summed E-state index contributed by atoms with van der Waals surface area (Å²) in [5.41, 5.74) is 1.06. The number of nitrogens with one attached hydrogen (secondary N) is 1. The zero-order valence-electron chi connectivity index (χ0n) is 29.1. The zero-order chi connectivity index (χ0) is 36.8. The average Bonchev–Trinajstić information content (AvgIpc) is 3.15. The number of benzene rings is 3. The number of rotatable bonds is 17. The van der Waals surface area contributed by atoms with Gasteiger partial charge in [-0.05, 0) is 24.1 Å². The Hall–Kier alpha value is -2.54. The first-order valence-corrected chi connectivity index (χ1v) is 19.7. The molecule has 1 N–H and O–H groups in total. The van der Waals surface area contributed by atoms with Crippen molar-refractivity contribution in [1.82, 2.24) is 5.32 Å². The molecule has 0 bridgehead atoms. The largest absolute Gasteiger partial charge is 0.457 e. The second-order valence-corrected chi connectivity index (χ2v) is 16.5. The molecule has 282 valence electrons. The van der Waals surface area contributed by atoms with Gasteiger partial charge in [0.05, 0.1) is 25.7 Å². The molecule has 5 rings (SSSR count). The molecule has 0 aromatic heterocycles. The van der Waals surface area contributed by atoms with Gasteiger partial charge < -0.3 is 33.7 Å². The van der Waals surface area contributed by atoms with Gasteiger partial charge >= 0.3 is 12.1 Å². The van der Waals surface area contributed by atoms with Crippen LogP contribution in [0.4, 0.5) is 4.79 Å². The molecule has 7 atom stereocenters. The first-order chi connectivity index (χ1) is 25.2. The highest BCUT2D eigenvalue weighted by Crippen LogP contribution is 2.40. The van der Waals surface area contributed by atoms with Gasteiger partial charge in [0.1, 0.15) is 30.3 Å². The van der Waals surface area contributed by atoms with Gasteiger partial charge in [0.2, 0.25) is 3.79 Å². The lowest BCUT2D eigenvalue weighted by atomic mass is 10.0. The Balaban J connectivity index is 1.39. The van der Waals surface area contributed by atoms with Crippen molar-refractivity contribution in [2.75, 3.05) is 13.2 Å². The van der Waals surface area contributed by atoms with Gasteiger partial charge in [0, 0.05) is 10.5 Å². The van der Waals surface area contributed by atoms with E-state index >= 15 is 0 Å². The third-order valence-corrected chi connectivity index (χ3v) is 10.2. The number of halogens is 3. The predicted molar refractivity (Wildman–Crippen MR) is 202 cm³/mol. The van der Waals surface area contributed by atoms with Crippen LogP contribution in [0.1, 0.15) is 69.3 Å². The molecule has 1 amide bonds. The van der Waals surface area contributed by atoms with Crippen LogP contribution in [0.15, 0.2) is 95.9 Å². The molecule has 2 saturated heterocycles. The molecule has 0 aliphatic carbocycles. The van der Waals surface area contributed by atoms with E-state index in [4.69, 9.17) is 63.2 Å². The Morgan fingerprint density at radius 2 is 1.58 bits per heavy atom. The summed E-state index contributed by atoms with van der Waals surface area (Å²) in [4.78, 5) is 28.1. The Labute approximate surface area is 325 Å². The van der Waals surface area contributed by atoms with Gasteiger partial charge in [0.15, 0.2) is 12.4 Å².